The van der Waals surface area contributed by atoms with E-state index in [1.807, 2.05) is 6.92 Å². The number of carbonyl (C=O) groups is 2. The number of aryl methyl sites for hydroxylation is 2. The maximum Gasteiger partial charge on any atom is 0.315 e. The highest BCUT2D eigenvalue weighted by atomic mass is 16.4. The minimum atomic E-state index is -0.870. The number of carboxylic acids is 1. The van der Waals surface area contributed by atoms with Crippen LogP contribution in [-0.4, -0.2) is 39.4 Å². The molecule has 1 aliphatic carbocycles. The van der Waals surface area contributed by atoms with Crippen LogP contribution < -0.4 is 10.6 Å². The Kier molecular flexibility index (Phi) is 4.82. The predicted molar refractivity (Wildman–Crippen MR) is 77.0 cm³/mol. The lowest BCUT2D eigenvalue weighted by Crippen LogP contribution is -2.57. The highest BCUT2D eigenvalue weighted by Gasteiger charge is 2.40. The Labute approximate surface area is 123 Å². The van der Waals surface area contributed by atoms with Crippen LogP contribution >= 0.6 is 0 Å². The summed E-state index contributed by atoms with van der Waals surface area (Å²) in [6.07, 6.45) is 5.90. The second-order valence-corrected chi connectivity index (χ2v) is 5.71. The smallest absolute Gasteiger partial charge is 0.315 e. The molecule has 1 heterocycles. The fourth-order valence-electron chi connectivity index (χ4n) is 2.63. The lowest BCUT2D eigenvalue weighted by molar-refractivity contribution is -0.139. The molecule has 7 heteroatoms. The van der Waals surface area contributed by atoms with Crippen molar-refractivity contribution in [3.8, 4) is 0 Å². The molecule has 0 aliphatic heterocycles. The number of aliphatic carboxylic acids is 1. The van der Waals surface area contributed by atoms with E-state index in [1.165, 1.54) is 0 Å². The molecule has 1 saturated carbocycles. The number of aromatic amines is 1. The zero-order valence-electron chi connectivity index (χ0n) is 12.2. The average molecular weight is 294 g/mol. The minimum Gasteiger partial charge on any atom is -0.481 e. The van der Waals surface area contributed by atoms with Gasteiger partial charge in [0, 0.05) is 12.2 Å². The predicted octanol–water partition coefficient (Wildman–Crippen LogP) is 1.35. The van der Waals surface area contributed by atoms with Crippen molar-refractivity contribution < 1.29 is 14.7 Å². The van der Waals surface area contributed by atoms with Crippen LogP contribution in [0.2, 0.25) is 0 Å². The SMILES string of the molecule is Cc1[nH]ncc1CCCNC(=O)NC1(CC(=O)O)CCC1. The Morgan fingerprint density at radius 2 is 2.24 bits per heavy atom. The molecule has 0 radical (unpaired) electrons. The Morgan fingerprint density at radius 3 is 2.76 bits per heavy atom. The van der Waals surface area contributed by atoms with Gasteiger partial charge in [0.25, 0.3) is 0 Å². The summed E-state index contributed by atoms with van der Waals surface area (Å²) in [7, 11) is 0. The van der Waals surface area contributed by atoms with Crippen LogP contribution in [0.5, 0.6) is 0 Å². The molecule has 1 fully saturated rings. The number of H-pyrrole nitrogens is 1. The van der Waals surface area contributed by atoms with Gasteiger partial charge in [-0.05, 0) is 44.6 Å². The third-order valence-corrected chi connectivity index (χ3v) is 4.02. The first kappa shape index (κ1) is 15.3. The monoisotopic (exact) mass is 294 g/mol. The third kappa shape index (κ3) is 4.21. The first-order valence-electron chi connectivity index (χ1n) is 7.27. The molecule has 0 atom stereocenters. The number of hydrogen-bond acceptors (Lipinski definition) is 3. The van der Waals surface area contributed by atoms with Gasteiger partial charge in [-0.25, -0.2) is 4.79 Å². The van der Waals surface area contributed by atoms with Crippen molar-refractivity contribution in [3.63, 3.8) is 0 Å². The molecule has 116 valence electrons. The largest absolute Gasteiger partial charge is 0.481 e. The Morgan fingerprint density at radius 1 is 1.48 bits per heavy atom. The second kappa shape index (κ2) is 6.60. The molecule has 7 nitrogen and oxygen atoms in total. The quantitative estimate of drug-likeness (QED) is 0.569. The second-order valence-electron chi connectivity index (χ2n) is 5.71. The van der Waals surface area contributed by atoms with Crippen LogP contribution in [0.3, 0.4) is 0 Å². The van der Waals surface area contributed by atoms with Crippen molar-refractivity contribution in [3.05, 3.63) is 17.5 Å². The molecule has 21 heavy (non-hydrogen) atoms. The molecule has 0 saturated heterocycles. The molecule has 2 rings (SSSR count). The van der Waals surface area contributed by atoms with Crippen molar-refractivity contribution in [2.75, 3.05) is 6.54 Å². The van der Waals surface area contributed by atoms with Crippen molar-refractivity contribution in [1.29, 1.82) is 0 Å². The van der Waals surface area contributed by atoms with Crippen LogP contribution in [-0.2, 0) is 11.2 Å². The minimum absolute atomic E-state index is 0.00532. The van der Waals surface area contributed by atoms with Gasteiger partial charge in [-0.15, -0.1) is 0 Å². The van der Waals surface area contributed by atoms with E-state index in [1.54, 1.807) is 6.20 Å². The average Bonchev–Trinajstić information content (AvgIpc) is 2.77. The molecule has 0 spiro atoms. The highest BCUT2D eigenvalue weighted by molar-refractivity contribution is 5.77. The number of hydrogen-bond donors (Lipinski definition) is 4. The lowest BCUT2D eigenvalue weighted by Gasteiger charge is -2.41. The number of carboxylic acid groups (broad SMARTS) is 1. The van der Waals surface area contributed by atoms with E-state index < -0.39 is 11.5 Å². The maximum absolute atomic E-state index is 11.8. The van der Waals surface area contributed by atoms with Crippen LogP contribution in [0.25, 0.3) is 0 Å². The summed E-state index contributed by atoms with van der Waals surface area (Å²) in [5, 5.41) is 21.3. The molecule has 4 N–H and O–H groups in total. The molecule has 1 aliphatic rings. The van der Waals surface area contributed by atoms with Crippen LogP contribution in [0.4, 0.5) is 4.79 Å². The number of urea groups is 1. The van der Waals surface area contributed by atoms with Gasteiger partial charge in [-0.1, -0.05) is 0 Å². The normalized spacial score (nSPS) is 16.0. The number of nitrogens with one attached hydrogen (secondary N) is 3. The number of rotatable bonds is 7. The fraction of sp³-hybridized carbons (Fsp3) is 0.643. The molecule has 2 amide bonds. The number of aromatic nitrogens is 2. The highest BCUT2D eigenvalue weighted by Crippen LogP contribution is 2.34. The van der Waals surface area contributed by atoms with Crippen molar-refractivity contribution in [2.45, 2.75) is 51.0 Å². The number of nitrogens with zero attached hydrogens (tertiary/aromatic N) is 1. The Bertz CT molecular complexity index is 508. The van der Waals surface area contributed by atoms with Crippen LogP contribution in [0.15, 0.2) is 6.20 Å². The zero-order chi connectivity index (χ0) is 15.3. The lowest BCUT2D eigenvalue weighted by atomic mass is 9.74. The summed E-state index contributed by atoms with van der Waals surface area (Å²) in [4.78, 5) is 22.7. The van der Waals surface area contributed by atoms with Crippen molar-refractivity contribution >= 4 is 12.0 Å². The van der Waals surface area contributed by atoms with Crippen LogP contribution in [0, 0.1) is 6.92 Å². The van der Waals surface area contributed by atoms with Crippen LogP contribution in [0.1, 0.15) is 43.4 Å². The Balaban J connectivity index is 1.67. The number of amides is 2. The standard InChI is InChI=1S/C14H22N4O3/c1-10-11(9-16-18-10)4-2-7-15-13(21)17-14(5-3-6-14)8-12(19)20/h9H,2-8H2,1H3,(H,16,18)(H,19,20)(H2,15,17,21). The Hall–Kier alpha value is -2.05. The van der Waals surface area contributed by atoms with Gasteiger partial charge in [-0.3, -0.25) is 9.89 Å². The summed E-state index contributed by atoms with van der Waals surface area (Å²) in [5.74, 6) is -0.870. The van der Waals surface area contributed by atoms with E-state index in [-0.39, 0.29) is 12.5 Å². The molecule has 1 aromatic heterocycles. The van der Waals surface area contributed by atoms with Gasteiger partial charge in [0.05, 0.1) is 18.2 Å². The van der Waals surface area contributed by atoms with Gasteiger partial charge in [0.1, 0.15) is 0 Å². The molecule has 0 aromatic carbocycles. The third-order valence-electron chi connectivity index (χ3n) is 4.02. The molecule has 1 aromatic rings. The molecule has 0 bridgehead atoms. The van der Waals surface area contributed by atoms with E-state index in [4.69, 9.17) is 5.11 Å². The zero-order valence-corrected chi connectivity index (χ0v) is 12.2. The van der Waals surface area contributed by atoms with Gasteiger partial charge in [-0.2, -0.15) is 5.10 Å². The van der Waals surface area contributed by atoms with E-state index in [9.17, 15) is 9.59 Å². The summed E-state index contributed by atoms with van der Waals surface area (Å²) in [5.41, 5.74) is 1.66. The maximum atomic E-state index is 11.8. The summed E-state index contributed by atoms with van der Waals surface area (Å²) in [6.45, 7) is 2.52. The van der Waals surface area contributed by atoms with Gasteiger partial charge < -0.3 is 15.7 Å². The van der Waals surface area contributed by atoms with Crippen molar-refractivity contribution in [2.24, 2.45) is 0 Å². The number of carbonyl (C=O) groups excluding carboxylic acids is 1. The summed E-state index contributed by atoms with van der Waals surface area (Å²) in [6, 6.07) is -0.278. The van der Waals surface area contributed by atoms with Gasteiger partial charge >= 0.3 is 12.0 Å². The topological polar surface area (TPSA) is 107 Å². The summed E-state index contributed by atoms with van der Waals surface area (Å²) >= 11 is 0. The van der Waals surface area contributed by atoms with E-state index in [2.05, 4.69) is 20.8 Å². The van der Waals surface area contributed by atoms with E-state index in [0.29, 0.717) is 6.54 Å². The molecule has 0 unspecified atom stereocenters. The first-order valence-corrected chi connectivity index (χ1v) is 7.27. The van der Waals surface area contributed by atoms with Gasteiger partial charge in [0.2, 0.25) is 0 Å². The first-order chi connectivity index (χ1) is 10.0. The van der Waals surface area contributed by atoms with E-state index in [0.717, 1.165) is 43.4 Å². The molecular weight excluding hydrogens is 272 g/mol. The summed E-state index contributed by atoms with van der Waals surface area (Å²) < 4.78 is 0. The van der Waals surface area contributed by atoms with E-state index >= 15 is 0 Å². The van der Waals surface area contributed by atoms with Crippen molar-refractivity contribution in [1.82, 2.24) is 20.8 Å². The fourth-order valence-corrected chi connectivity index (χ4v) is 2.63. The van der Waals surface area contributed by atoms with Gasteiger partial charge in [0.15, 0.2) is 0 Å². The molecular formula is C14H22N4O3.